The van der Waals surface area contributed by atoms with Crippen molar-refractivity contribution in [2.45, 2.75) is 25.4 Å². The van der Waals surface area contributed by atoms with Crippen molar-refractivity contribution >= 4 is 0 Å². The van der Waals surface area contributed by atoms with Gasteiger partial charge in [0.15, 0.2) is 0 Å². The Hall–Kier alpha value is -0.250. The monoisotopic (exact) mass is 167 g/mol. The van der Waals surface area contributed by atoms with Gasteiger partial charge in [-0.15, -0.1) is 0 Å². The molecule has 11 heavy (non-hydrogen) atoms. The summed E-state index contributed by atoms with van der Waals surface area (Å²) in [5.41, 5.74) is 5.22. The molecule has 0 spiro atoms. The second kappa shape index (κ2) is 3.01. The topological polar surface area (TPSA) is 26.0 Å². The molecule has 1 aliphatic carbocycles. The van der Waals surface area contributed by atoms with Gasteiger partial charge in [0.1, 0.15) is 0 Å². The van der Waals surface area contributed by atoms with E-state index in [1.807, 2.05) is 0 Å². The van der Waals surface area contributed by atoms with Crippen molar-refractivity contribution in [3.63, 3.8) is 0 Å². The highest BCUT2D eigenvalue weighted by molar-refractivity contribution is 4.82. The van der Waals surface area contributed by atoms with Gasteiger partial charge in [-0.25, -0.2) is 0 Å². The summed E-state index contributed by atoms with van der Waals surface area (Å²) in [7, 11) is 0. The summed E-state index contributed by atoms with van der Waals surface area (Å²) in [6, 6.07) is 0. The first-order valence-corrected chi connectivity index (χ1v) is 3.82. The molecule has 1 saturated carbocycles. The average Bonchev–Trinajstić information content (AvgIpc) is 2.31. The molecule has 0 aromatic rings. The summed E-state index contributed by atoms with van der Waals surface area (Å²) in [6.45, 7) is 0.171. The van der Waals surface area contributed by atoms with E-state index < -0.39 is 12.1 Å². The predicted molar refractivity (Wildman–Crippen MR) is 35.9 cm³/mol. The van der Waals surface area contributed by atoms with Crippen molar-refractivity contribution in [3.8, 4) is 0 Å². The molecule has 0 saturated heterocycles. The van der Waals surface area contributed by atoms with Crippen molar-refractivity contribution in [2.24, 2.45) is 17.6 Å². The van der Waals surface area contributed by atoms with Gasteiger partial charge in [-0.1, -0.05) is 6.42 Å². The molecule has 0 aromatic heterocycles. The molecule has 1 aliphatic rings. The van der Waals surface area contributed by atoms with E-state index in [-0.39, 0.29) is 18.9 Å². The average molecular weight is 167 g/mol. The van der Waals surface area contributed by atoms with Crippen LogP contribution in [-0.4, -0.2) is 12.7 Å². The molecular formula is C7H12F3N. The van der Waals surface area contributed by atoms with E-state index in [2.05, 4.69) is 0 Å². The molecule has 0 heterocycles. The van der Waals surface area contributed by atoms with Crippen LogP contribution >= 0.6 is 0 Å². The van der Waals surface area contributed by atoms with Gasteiger partial charge in [0.2, 0.25) is 0 Å². The summed E-state index contributed by atoms with van der Waals surface area (Å²) in [5.74, 6) is -1.46. The third-order valence-electron chi connectivity index (χ3n) is 2.38. The SMILES string of the molecule is NC[C@H]1CCC[C@@H]1C(F)(F)F. The fourth-order valence-electron chi connectivity index (χ4n) is 1.75. The maximum atomic E-state index is 12.1. The quantitative estimate of drug-likeness (QED) is 0.634. The number of rotatable bonds is 1. The van der Waals surface area contributed by atoms with E-state index in [4.69, 9.17) is 5.73 Å². The van der Waals surface area contributed by atoms with E-state index in [1.165, 1.54) is 0 Å². The Morgan fingerprint density at radius 2 is 1.91 bits per heavy atom. The second-order valence-corrected chi connectivity index (χ2v) is 3.07. The molecule has 0 aromatic carbocycles. The first kappa shape index (κ1) is 8.84. The third-order valence-corrected chi connectivity index (χ3v) is 2.38. The molecule has 0 bridgehead atoms. The lowest BCUT2D eigenvalue weighted by Crippen LogP contribution is -2.30. The summed E-state index contributed by atoms with van der Waals surface area (Å²) in [5, 5.41) is 0. The molecule has 2 atom stereocenters. The van der Waals surface area contributed by atoms with Gasteiger partial charge in [-0.05, 0) is 25.3 Å². The third kappa shape index (κ3) is 1.86. The van der Waals surface area contributed by atoms with Crippen LogP contribution in [0.3, 0.4) is 0 Å². The number of hydrogen-bond donors (Lipinski definition) is 1. The zero-order valence-corrected chi connectivity index (χ0v) is 6.19. The molecule has 66 valence electrons. The van der Waals surface area contributed by atoms with Crippen molar-refractivity contribution in [1.82, 2.24) is 0 Å². The van der Waals surface area contributed by atoms with Crippen LogP contribution in [0.1, 0.15) is 19.3 Å². The number of alkyl halides is 3. The predicted octanol–water partition coefficient (Wildman–Crippen LogP) is 1.92. The molecule has 0 unspecified atom stereocenters. The minimum Gasteiger partial charge on any atom is -0.330 e. The van der Waals surface area contributed by atoms with Crippen LogP contribution in [0.4, 0.5) is 13.2 Å². The Bertz CT molecular complexity index is 132. The number of halogens is 3. The molecule has 4 heteroatoms. The van der Waals surface area contributed by atoms with Gasteiger partial charge in [0, 0.05) is 0 Å². The van der Waals surface area contributed by atoms with Gasteiger partial charge >= 0.3 is 6.18 Å². The Morgan fingerprint density at radius 3 is 2.27 bits per heavy atom. The first-order valence-electron chi connectivity index (χ1n) is 3.82. The highest BCUT2D eigenvalue weighted by Gasteiger charge is 2.46. The van der Waals surface area contributed by atoms with Crippen molar-refractivity contribution in [2.75, 3.05) is 6.54 Å². The maximum Gasteiger partial charge on any atom is 0.392 e. The zero-order chi connectivity index (χ0) is 8.48. The van der Waals surface area contributed by atoms with Crippen molar-refractivity contribution in [1.29, 1.82) is 0 Å². The summed E-state index contributed by atoms with van der Waals surface area (Å²) in [6.07, 6.45) is -2.45. The minimum absolute atomic E-state index is 0.171. The lowest BCUT2D eigenvalue weighted by atomic mass is 9.96. The van der Waals surface area contributed by atoms with Crippen LogP contribution in [0, 0.1) is 11.8 Å². The fraction of sp³-hybridized carbons (Fsp3) is 1.00. The second-order valence-electron chi connectivity index (χ2n) is 3.07. The number of nitrogens with two attached hydrogens (primary N) is 1. The molecule has 0 amide bonds. The van der Waals surface area contributed by atoms with Crippen LogP contribution in [0.25, 0.3) is 0 Å². The molecule has 1 nitrogen and oxygen atoms in total. The van der Waals surface area contributed by atoms with Gasteiger partial charge in [0.25, 0.3) is 0 Å². The van der Waals surface area contributed by atoms with Crippen LogP contribution in [0.5, 0.6) is 0 Å². The fourth-order valence-corrected chi connectivity index (χ4v) is 1.75. The highest BCUT2D eigenvalue weighted by Crippen LogP contribution is 2.42. The summed E-state index contributed by atoms with van der Waals surface area (Å²) in [4.78, 5) is 0. The molecule has 0 aliphatic heterocycles. The minimum atomic E-state index is -4.03. The normalized spacial score (nSPS) is 32.7. The largest absolute Gasteiger partial charge is 0.392 e. The van der Waals surface area contributed by atoms with Crippen LogP contribution in [0.2, 0.25) is 0 Å². The van der Waals surface area contributed by atoms with Crippen molar-refractivity contribution < 1.29 is 13.2 Å². The van der Waals surface area contributed by atoms with Gasteiger partial charge in [-0.2, -0.15) is 13.2 Å². The molecular weight excluding hydrogens is 155 g/mol. The smallest absolute Gasteiger partial charge is 0.330 e. The highest BCUT2D eigenvalue weighted by atomic mass is 19.4. The number of hydrogen-bond acceptors (Lipinski definition) is 1. The lowest BCUT2D eigenvalue weighted by Gasteiger charge is -2.20. The molecule has 2 N–H and O–H groups in total. The lowest BCUT2D eigenvalue weighted by molar-refractivity contribution is -0.182. The Morgan fingerprint density at radius 1 is 1.27 bits per heavy atom. The van der Waals surface area contributed by atoms with Crippen molar-refractivity contribution in [3.05, 3.63) is 0 Å². The molecule has 0 radical (unpaired) electrons. The van der Waals surface area contributed by atoms with Crippen LogP contribution < -0.4 is 5.73 Å². The summed E-state index contributed by atoms with van der Waals surface area (Å²) < 4.78 is 36.4. The van der Waals surface area contributed by atoms with Gasteiger partial charge in [0.05, 0.1) is 5.92 Å². The van der Waals surface area contributed by atoms with E-state index >= 15 is 0 Å². The standard InChI is InChI=1S/C7H12F3N/c8-7(9,10)6-3-1-2-5(6)4-11/h5-6H,1-4,11H2/t5-,6+/m1/s1. The van der Waals surface area contributed by atoms with Crippen LogP contribution in [0.15, 0.2) is 0 Å². The van der Waals surface area contributed by atoms with Gasteiger partial charge in [-0.3, -0.25) is 0 Å². The zero-order valence-electron chi connectivity index (χ0n) is 6.19. The summed E-state index contributed by atoms with van der Waals surface area (Å²) >= 11 is 0. The van der Waals surface area contributed by atoms with E-state index in [0.717, 1.165) is 0 Å². The van der Waals surface area contributed by atoms with E-state index in [9.17, 15) is 13.2 Å². The van der Waals surface area contributed by atoms with E-state index in [1.54, 1.807) is 0 Å². The molecule has 1 fully saturated rings. The Labute approximate surface area is 63.8 Å². The molecule has 1 rings (SSSR count). The Kier molecular flexibility index (Phi) is 2.42. The van der Waals surface area contributed by atoms with Gasteiger partial charge < -0.3 is 5.73 Å². The first-order chi connectivity index (χ1) is 5.05. The van der Waals surface area contributed by atoms with E-state index in [0.29, 0.717) is 12.8 Å². The van der Waals surface area contributed by atoms with Crippen LogP contribution in [-0.2, 0) is 0 Å². The Balaban J connectivity index is 2.57. The maximum absolute atomic E-state index is 12.1.